The van der Waals surface area contributed by atoms with Crippen LogP contribution < -0.4 is 4.90 Å². The highest BCUT2D eigenvalue weighted by Gasteiger charge is 2.32. The summed E-state index contributed by atoms with van der Waals surface area (Å²) in [4.78, 5) is 5.45. The molecule has 0 saturated carbocycles. The van der Waals surface area contributed by atoms with Crippen LogP contribution in [0.25, 0.3) is 0 Å². The number of rotatable bonds is 2. The number of aromatic nitrogens is 1. The standard InChI is InChI=1S/C12H15F3N2O/c13-12(14,15)11-2-1-10(7-16-11)17-5-3-9(8-18)4-6-17/h1-2,7,9,18H,3-6,8H2. The van der Waals surface area contributed by atoms with Crippen molar-refractivity contribution in [3.8, 4) is 0 Å². The molecule has 0 atom stereocenters. The molecule has 1 N–H and O–H groups in total. The molecule has 6 heteroatoms. The Labute approximate surface area is 103 Å². The van der Waals surface area contributed by atoms with Crippen LogP contribution in [0.4, 0.5) is 18.9 Å². The third kappa shape index (κ3) is 2.93. The van der Waals surface area contributed by atoms with Gasteiger partial charge >= 0.3 is 6.18 Å². The topological polar surface area (TPSA) is 36.4 Å². The molecule has 1 aliphatic rings. The fourth-order valence-corrected chi connectivity index (χ4v) is 2.11. The summed E-state index contributed by atoms with van der Waals surface area (Å²) in [6.45, 7) is 1.68. The predicted octanol–water partition coefficient (Wildman–Crippen LogP) is 2.31. The summed E-state index contributed by atoms with van der Waals surface area (Å²) in [5.74, 6) is 0.309. The minimum atomic E-state index is -4.39. The second-order valence-electron chi connectivity index (χ2n) is 4.51. The average Bonchev–Trinajstić information content (AvgIpc) is 2.38. The molecule has 2 rings (SSSR count). The fourth-order valence-electron chi connectivity index (χ4n) is 2.11. The maximum absolute atomic E-state index is 12.4. The maximum Gasteiger partial charge on any atom is 0.433 e. The van der Waals surface area contributed by atoms with E-state index in [1.54, 1.807) is 0 Å². The molecule has 1 aromatic heterocycles. The molecule has 18 heavy (non-hydrogen) atoms. The van der Waals surface area contributed by atoms with E-state index in [2.05, 4.69) is 4.98 Å². The predicted molar refractivity (Wildman–Crippen MR) is 61.3 cm³/mol. The molecule has 0 amide bonds. The summed E-state index contributed by atoms with van der Waals surface area (Å²) < 4.78 is 37.1. The zero-order valence-corrected chi connectivity index (χ0v) is 9.82. The van der Waals surface area contributed by atoms with Gasteiger partial charge in [-0.15, -0.1) is 0 Å². The van der Waals surface area contributed by atoms with E-state index < -0.39 is 11.9 Å². The highest BCUT2D eigenvalue weighted by molar-refractivity contribution is 5.45. The summed E-state index contributed by atoms with van der Waals surface area (Å²) >= 11 is 0. The maximum atomic E-state index is 12.4. The molecule has 0 bridgehead atoms. The smallest absolute Gasteiger partial charge is 0.396 e. The highest BCUT2D eigenvalue weighted by atomic mass is 19.4. The van der Waals surface area contributed by atoms with Gasteiger partial charge in [-0.1, -0.05) is 0 Å². The molecule has 2 heterocycles. The van der Waals surface area contributed by atoms with Gasteiger partial charge in [0.2, 0.25) is 0 Å². The van der Waals surface area contributed by atoms with Crippen molar-refractivity contribution in [2.45, 2.75) is 19.0 Å². The van der Waals surface area contributed by atoms with Gasteiger partial charge in [0.1, 0.15) is 5.69 Å². The zero-order chi connectivity index (χ0) is 13.2. The van der Waals surface area contributed by atoms with Crippen molar-refractivity contribution in [1.29, 1.82) is 0 Å². The van der Waals surface area contributed by atoms with E-state index in [0.29, 0.717) is 11.6 Å². The Balaban J connectivity index is 2.02. The van der Waals surface area contributed by atoms with Gasteiger partial charge in [-0.2, -0.15) is 13.2 Å². The third-order valence-electron chi connectivity index (χ3n) is 3.28. The summed E-state index contributed by atoms with van der Waals surface area (Å²) in [6.07, 6.45) is -1.40. The van der Waals surface area contributed by atoms with Crippen LogP contribution in [-0.2, 0) is 6.18 Å². The number of anilines is 1. The number of hydrogen-bond acceptors (Lipinski definition) is 3. The molecular weight excluding hydrogens is 245 g/mol. The van der Waals surface area contributed by atoms with Crippen molar-refractivity contribution in [2.75, 3.05) is 24.6 Å². The monoisotopic (exact) mass is 260 g/mol. The van der Waals surface area contributed by atoms with Gasteiger partial charge < -0.3 is 10.0 Å². The van der Waals surface area contributed by atoms with E-state index in [1.165, 1.54) is 12.3 Å². The van der Waals surface area contributed by atoms with Crippen LogP contribution in [0.5, 0.6) is 0 Å². The molecular formula is C12H15F3N2O. The van der Waals surface area contributed by atoms with Crippen LogP contribution >= 0.6 is 0 Å². The number of hydrogen-bond donors (Lipinski definition) is 1. The quantitative estimate of drug-likeness (QED) is 0.886. The average molecular weight is 260 g/mol. The number of aliphatic hydroxyl groups excluding tert-OH is 1. The van der Waals surface area contributed by atoms with E-state index in [9.17, 15) is 13.2 Å². The Kier molecular flexibility index (Phi) is 3.75. The summed E-state index contributed by atoms with van der Waals surface area (Å²) in [7, 11) is 0. The van der Waals surface area contributed by atoms with Gasteiger partial charge in [-0.05, 0) is 30.9 Å². The van der Waals surface area contributed by atoms with Gasteiger partial charge in [0.15, 0.2) is 0 Å². The Hall–Kier alpha value is -1.30. The van der Waals surface area contributed by atoms with Crippen LogP contribution in [-0.4, -0.2) is 29.8 Å². The highest BCUT2D eigenvalue weighted by Crippen LogP contribution is 2.29. The van der Waals surface area contributed by atoms with E-state index in [4.69, 9.17) is 5.11 Å². The minimum absolute atomic E-state index is 0.180. The molecule has 3 nitrogen and oxygen atoms in total. The summed E-state index contributed by atoms with van der Waals surface area (Å²) in [5, 5.41) is 9.02. The van der Waals surface area contributed by atoms with Gasteiger partial charge in [0, 0.05) is 19.7 Å². The van der Waals surface area contributed by atoms with E-state index in [-0.39, 0.29) is 6.61 Å². The number of halogens is 3. The lowest BCUT2D eigenvalue weighted by Crippen LogP contribution is -2.34. The number of nitrogens with zero attached hydrogens (tertiary/aromatic N) is 2. The van der Waals surface area contributed by atoms with Crippen molar-refractivity contribution < 1.29 is 18.3 Å². The van der Waals surface area contributed by atoms with Gasteiger partial charge in [-0.25, -0.2) is 4.98 Å². The van der Waals surface area contributed by atoms with E-state index in [0.717, 1.165) is 32.0 Å². The lowest BCUT2D eigenvalue weighted by Gasteiger charge is -2.32. The van der Waals surface area contributed by atoms with Gasteiger partial charge in [-0.3, -0.25) is 0 Å². The molecule has 0 unspecified atom stereocenters. The first-order valence-corrected chi connectivity index (χ1v) is 5.90. The summed E-state index contributed by atoms with van der Waals surface area (Å²) in [5.41, 5.74) is -0.157. The molecule has 0 aliphatic carbocycles. The Morgan fingerprint density at radius 2 is 1.94 bits per heavy atom. The Morgan fingerprint density at radius 3 is 2.39 bits per heavy atom. The van der Waals surface area contributed by atoms with Crippen LogP contribution in [0.1, 0.15) is 18.5 Å². The van der Waals surface area contributed by atoms with Crippen molar-refractivity contribution in [3.05, 3.63) is 24.0 Å². The molecule has 0 radical (unpaired) electrons. The fraction of sp³-hybridized carbons (Fsp3) is 0.583. The molecule has 1 fully saturated rings. The molecule has 1 aliphatic heterocycles. The number of aliphatic hydroxyl groups is 1. The molecule has 0 spiro atoms. The number of piperidine rings is 1. The van der Waals surface area contributed by atoms with Crippen LogP contribution in [0.2, 0.25) is 0 Å². The van der Waals surface area contributed by atoms with Crippen molar-refractivity contribution in [2.24, 2.45) is 5.92 Å². The van der Waals surface area contributed by atoms with Gasteiger partial charge in [0.05, 0.1) is 11.9 Å². The normalized spacial score (nSPS) is 18.1. The van der Waals surface area contributed by atoms with Crippen LogP contribution in [0.3, 0.4) is 0 Å². The SMILES string of the molecule is OCC1CCN(c2ccc(C(F)(F)F)nc2)CC1. The van der Waals surface area contributed by atoms with Crippen molar-refractivity contribution in [1.82, 2.24) is 4.98 Å². The van der Waals surface area contributed by atoms with Crippen LogP contribution in [0.15, 0.2) is 18.3 Å². The molecule has 0 aromatic carbocycles. The van der Waals surface area contributed by atoms with E-state index in [1.807, 2.05) is 4.90 Å². The number of alkyl halides is 3. The Morgan fingerprint density at radius 1 is 1.28 bits per heavy atom. The van der Waals surface area contributed by atoms with Crippen molar-refractivity contribution >= 4 is 5.69 Å². The summed E-state index contributed by atoms with van der Waals surface area (Å²) in [6, 6.07) is 2.46. The zero-order valence-electron chi connectivity index (χ0n) is 9.82. The number of pyridine rings is 1. The van der Waals surface area contributed by atoms with E-state index >= 15 is 0 Å². The lowest BCUT2D eigenvalue weighted by molar-refractivity contribution is -0.141. The molecule has 1 aromatic rings. The third-order valence-corrected chi connectivity index (χ3v) is 3.28. The minimum Gasteiger partial charge on any atom is -0.396 e. The molecule has 100 valence electrons. The second-order valence-corrected chi connectivity index (χ2v) is 4.51. The first-order chi connectivity index (χ1) is 8.50. The van der Waals surface area contributed by atoms with Crippen molar-refractivity contribution in [3.63, 3.8) is 0 Å². The first-order valence-electron chi connectivity index (χ1n) is 5.90. The lowest BCUT2D eigenvalue weighted by atomic mass is 9.98. The second kappa shape index (κ2) is 5.14. The first kappa shape index (κ1) is 13.1. The van der Waals surface area contributed by atoms with Crippen LogP contribution in [0, 0.1) is 5.92 Å². The Bertz CT molecular complexity index is 383. The largest absolute Gasteiger partial charge is 0.433 e. The molecule has 1 saturated heterocycles. The van der Waals surface area contributed by atoms with Gasteiger partial charge in [0.25, 0.3) is 0 Å².